The van der Waals surface area contributed by atoms with E-state index in [9.17, 15) is 33.4 Å². The largest absolute Gasteiger partial charge is 0.418 e. The van der Waals surface area contributed by atoms with Crippen LogP contribution in [-0.2, 0) is 6.18 Å². The Labute approximate surface area is 141 Å². The lowest BCUT2D eigenvalue weighted by Gasteiger charge is -2.33. The molecule has 8 nitrogen and oxygen atoms in total. The Morgan fingerprint density at radius 2 is 1.60 bits per heavy atom. The van der Waals surface area contributed by atoms with Crippen LogP contribution in [0.3, 0.4) is 0 Å². The number of nitro groups is 2. The van der Waals surface area contributed by atoms with Crippen molar-refractivity contribution in [2.45, 2.75) is 32.9 Å². The Balaban J connectivity index is 4.02. The number of benzene rings is 1. The topological polar surface area (TPSA) is 112 Å². The summed E-state index contributed by atoms with van der Waals surface area (Å²) < 4.78 is 39.1. The lowest BCUT2D eigenvalue weighted by atomic mass is 10.0. The van der Waals surface area contributed by atoms with E-state index in [-0.39, 0.29) is 17.6 Å². The maximum Gasteiger partial charge on any atom is 0.418 e. The standard InChI is InChI=1S/C14H20F3N4O4/c1-4-6-21(3,7-5-2)13-10(19(22)23)8-9(14(15,16)17)11(18)12(13)20(24)25/h8H,4-7,18H2,1-3H3/q+1. The summed E-state index contributed by atoms with van der Waals surface area (Å²) in [4.78, 5) is 20.8. The zero-order chi connectivity index (χ0) is 19.6. The smallest absolute Gasteiger partial charge is 0.392 e. The van der Waals surface area contributed by atoms with E-state index in [2.05, 4.69) is 0 Å². The van der Waals surface area contributed by atoms with E-state index >= 15 is 0 Å². The molecule has 11 heteroatoms. The SMILES string of the molecule is CCC[N+](C)(CCC)c1c([N+](=O)[O-])cc(C(F)(F)F)c(N)c1[N+](=O)[O-]. The minimum absolute atomic E-state index is 0.248. The zero-order valence-electron chi connectivity index (χ0n) is 14.1. The first-order chi connectivity index (χ1) is 11.4. The third-order valence-corrected chi connectivity index (χ3v) is 3.95. The highest BCUT2D eigenvalue weighted by atomic mass is 19.4. The molecular formula is C14H20F3N4O4+. The van der Waals surface area contributed by atoms with Gasteiger partial charge in [0.15, 0.2) is 0 Å². The van der Waals surface area contributed by atoms with Crippen LogP contribution in [-0.4, -0.2) is 30.0 Å². The molecule has 0 amide bonds. The molecule has 0 aromatic heterocycles. The number of nitrogens with zero attached hydrogens (tertiary/aromatic N) is 3. The van der Waals surface area contributed by atoms with Crippen molar-refractivity contribution in [2.75, 3.05) is 25.9 Å². The van der Waals surface area contributed by atoms with Crippen molar-refractivity contribution in [3.63, 3.8) is 0 Å². The van der Waals surface area contributed by atoms with Crippen molar-refractivity contribution < 1.29 is 23.0 Å². The maximum atomic E-state index is 13.1. The van der Waals surface area contributed by atoms with Crippen molar-refractivity contribution in [1.29, 1.82) is 0 Å². The predicted octanol–water partition coefficient (Wildman–Crippen LogP) is 3.86. The summed E-state index contributed by atoms with van der Waals surface area (Å²) in [7, 11) is 1.52. The lowest BCUT2D eigenvalue weighted by molar-refractivity contribution is -0.393. The Morgan fingerprint density at radius 1 is 1.12 bits per heavy atom. The summed E-state index contributed by atoms with van der Waals surface area (Å²) >= 11 is 0. The molecular weight excluding hydrogens is 345 g/mol. The van der Waals surface area contributed by atoms with E-state index in [4.69, 9.17) is 5.73 Å². The molecule has 0 saturated heterocycles. The van der Waals surface area contributed by atoms with E-state index in [1.54, 1.807) is 13.8 Å². The van der Waals surface area contributed by atoms with Crippen molar-refractivity contribution in [3.05, 3.63) is 31.9 Å². The first-order valence-corrected chi connectivity index (χ1v) is 7.58. The second-order valence-corrected chi connectivity index (χ2v) is 5.91. The van der Waals surface area contributed by atoms with E-state index in [1.807, 2.05) is 0 Å². The molecule has 0 heterocycles. The van der Waals surface area contributed by atoms with Gasteiger partial charge in [0, 0.05) is 6.07 Å². The number of anilines is 1. The van der Waals surface area contributed by atoms with Gasteiger partial charge in [-0.1, -0.05) is 13.8 Å². The number of nitrogen functional groups attached to an aromatic ring is 1. The van der Waals surface area contributed by atoms with E-state index in [0.29, 0.717) is 18.9 Å². The van der Waals surface area contributed by atoms with Crippen LogP contribution in [0.2, 0.25) is 0 Å². The highest BCUT2D eigenvalue weighted by molar-refractivity contribution is 5.84. The molecule has 0 atom stereocenters. The molecule has 1 aromatic rings. The summed E-state index contributed by atoms with van der Waals surface area (Å²) in [5.74, 6) is 0. The van der Waals surface area contributed by atoms with E-state index < -0.39 is 44.3 Å². The fraction of sp³-hybridized carbons (Fsp3) is 0.571. The molecule has 0 saturated carbocycles. The minimum atomic E-state index is -5.04. The number of hydrogen-bond donors (Lipinski definition) is 1. The number of alkyl halides is 3. The second-order valence-electron chi connectivity index (χ2n) is 5.91. The average Bonchev–Trinajstić information content (AvgIpc) is 2.45. The fourth-order valence-electron chi connectivity index (χ4n) is 3.07. The molecule has 0 spiro atoms. The zero-order valence-corrected chi connectivity index (χ0v) is 14.1. The second kappa shape index (κ2) is 7.21. The molecule has 0 bridgehead atoms. The van der Waals surface area contributed by atoms with Gasteiger partial charge in [-0.2, -0.15) is 13.2 Å². The van der Waals surface area contributed by atoms with Crippen LogP contribution in [0, 0.1) is 20.2 Å². The molecule has 25 heavy (non-hydrogen) atoms. The Hall–Kier alpha value is -2.43. The number of quaternary nitrogens is 1. The molecule has 1 rings (SSSR count). The fourth-order valence-corrected chi connectivity index (χ4v) is 3.07. The minimum Gasteiger partial charge on any atom is -0.392 e. The third kappa shape index (κ3) is 3.98. The first kappa shape index (κ1) is 20.6. The van der Waals surface area contributed by atoms with Gasteiger partial charge in [0.2, 0.25) is 0 Å². The van der Waals surface area contributed by atoms with Crippen LogP contribution in [0.25, 0.3) is 0 Å². The Bertz CT molecular complexity index is 686. The lowest BCUT2D eigenvalue weighted by Crippen LogP contribution is -2.47. The van der Waals surface area contributed by atoms with Gasteiger partial charge in [0.25, 0.3) is 5.69 Å². The van der Waals surface area contributed by atoms with Gasteiger partial charge in [-0.15, -0.1) is 0 Å². The van der Waals surface area contributed by atoms with Crippen LogP contribution >= 0.6 is 0 Å². The van der Waals surface area contributed by atoms with Crippen LogP contribution in [0.15, 0.2) is 6.07 Å². The van der Waals surface area contributed by atoms with Crippen LogP contribution in [0.5, 0.6) is 0 Å². The molecule has 0 unspecified atom stereocenters. The quantitative estimate of drug-likeness (QED) is 0.341. The molecule has 0 aliphatic heterocycles. The van der Waals surface area contributed by atoms with Gasteiger partial charge in [-0.3, -0.25) is 24.7 Å². The normalized spacial score (nSPS) is 12.2. The molecule has 0 aliphatic rings. The number of nitrogens with two attached hydrogens (primary N) is 1. The number of nitro benzene ring substituents is 2. The van der Waals surface area contributed by atoms with Gasteiger partial charge in [0.05, 0.1) is 35.5 Å². The summed E-state index contributed by atoms with van der Waals surface area (Å²) in [6, 6.07) is 0.291. The Morgan fingerprint density at radius 3 is 1.92 bits per heavy atom. The molecule has 0 radical (unpaired) electrons. The summed E-state index contributed by atoms with van der Waals surface area (Å²) in [6.07, 6.45) is -4.01. The molecule has 140 valence electrons. The highest BCUT2D eigenvalue weighted by Gasteiger charge is 2.47. The molecule has 1 aromatic carbocycles. The molecule has 0 aliphatic carbocycles. The maximum absolute atomic E-state index is 13.1. The first-order valence-electron chi connectivity index (χ1n) is 7.58. The van der Waals surface area contributed by atoms with Crippen molar-refractivity contribution in [1.82, 2.24) is 4.48 Å². The number of rotatable bonds is 7. The van der Waals surface area contributed by atoms with Gasteiger partial charge in [-0.25, -0.2) is 0 Å². The summed E-state index contributed by atoms with van der Waals surface area (Å²) in [6.45, 7) is 4.11. The summed E-state index contributed by atoms with van der Waals surface area (Å²) in [5.41, 5.74) is 0.362. The van der Waals surface area contributed by atoms with Gasteiger partial charge >= 0.3 is 17.6 Å². The van der Waals surface area contributed by atoms with Crippen molar-refractivity contribution in [2.24, 2.45) is 0 Å². The number of halogens is 3. The van der Waals surface area contributed by atoms with Crippen LogP contribution in [0.1, 0.15) is 32.3 Å². The monoisotopic (exact) mass is 365 g/mol. The van der Waals surface area contributed by atoms with Crippen molar-refractivity contribution >= 4 is 22.7 Å². The van der Waals surface area contributed by atoms with E-state index in [1.165, 1.54) is 7.05 Å². The van der Waals surface area contributed by atoms with Gasteiger partial charge < -0.3 is 5.73 Å². The van der Waals surface area contributed by atoms with Gasteiger partial charge in [-0.05, 0) is 12.8 Å². The average molecular weight is 365 g/mol. The highest BCUT2D eigenvalue weighted by Crippen LogP contribution is 2.50. The van der Waals surface area contributed by atoms with Crippen LogP contribution < -0.4 is 10.2 Å². The molecule has 2 N–H and O–H groups in total. The Kier molecular flexibility index (Phi) is 5.95. The van der Waals surface area contributed by atoms with Gasteiger partial charge in [0.1, 0.15) is 5.69 Å². The third-order valence-electron chi connectivity index (χ3n) is 3.95. The number of hydrogen-bond acceptors (Lipinski definition) is 5. The predicted molar refractivity (Wildman–Crippen MR) is 87.2 cm³/mol. The van der Waals surface area contributed by atoms with Crippen molar-refractivity contribution in [3.8, 4) is 0 Å². The van der Waals surface area contributed by atoms with Crippen LogP contribution in [0.4, 0.5) is 35.9 Å². The summed E-state index contributed by atoms with van der Waals surface area (Å²) in [5, 5.41) is 22.9. The van der Waals surface area contributed by atoms with E-state index in [0.717, 1.165) is 0 Å². The molecule has 0 fully saturated rings.